The molecule has 7 heteroatoms. The molecule has 0 aromatic heterocycles. The third kappa shape index (κ3) is 4.70. The number of carboxylic acid groups (broad SMARTS) is 1. The number of hydrogen-bond donors (Lipinski definition) is 1. The average molecular weight is 318 g/mol. The van der Waals surface area contributed by atoms with Crippen molar-refractivity contribution in [2.24, 2.45) is 0 Å². The molecule has 1 N–H and O–H groups in total. The maximum absolute atomic E-state index is 13.7. The number of rotatable bonds is 7. The molecule has 1 aromatic rings. The summed E-state index contributed by atoms with van der Waals surface area (Å²) < 4.78 is 32.0. The maximum atomic E-state index is 13.7. The summed E-state index contributed by atoms with van der Waals surface area (Å²) >= 11 is 0.849. The Morgan fingerprint density at radius 2 is 1.95 bits per heavy atom. The number of halogens is 2. The lowest BCUT2D eigenvalue weighted by Gasteiger charge is -2.15. The summed E-state index contributed by atoms with van der Waals surface area (Å²) in [6, 6.07) is 1.42. The third-order valence-electron chi connectivity index (χ3n) is 2.62. The molecule has 21 heavy (non-hydrogen) atoms. The van der Waals surface area contributed by atoms with Crippen LogP contribution in [0, 0.1) is 11.6 Å². The van der Waals surface area contributed by atoms with Gasteiger partial charge in [0.05, 0.1) is 12.2 Å². The second kappa shape index (κ2) is 7.97. The van der Waals surface area contributed by atoms with E-state index in [2.05, 4.69) is 0 Å². The Morgan fingerprint density at radius 1 is 1.29 bits per heavy atom. The van der Waals surface area contributed by atoms with E-state index in [0.29, 0.717) is 18.9 Å². The fraction of sp³-hybridized carbons (Fsp3) is 0.429. The Morgan fingerprint density at radius 3 is 2.48 bits per heavy atom. The Hall–Kier alpha value is -1.63. The van der Waals surface area contributed by atoms with E-state index < -0.39 is 34.4 Å². The van der Waals surface area contributed by atoms with Gasteiger partial charge in [-0.05, 0) is 19.4 Å². The summed E-state index contributed by atoms with van der Waals surface area (Å²) in [6.07, 6.45) is 1.12. The van der Waals surface area contributed by atoms with Crippen molar-refractivity contribution in [3.63, 3.8) is 0 Å². The van der Waals surface area contributed by atoms with Gasteiger partial charge < -0.3 is 9.84 Å². The highest BCUT2D eigenvalue weighted by atomic mass is 32.2. The molecule has 1 aromatic carbocycles. The lowest BCUT2D eigenvalue weighted by molar-refractivity contribution is -0.142. The van der Waals surface area contributed by atoms with Gasteiger partial charge in [-0.3, -0.25) is 4.79 Å². The van der Waals surface area contributed by atoms with E-state index in [1.807, 2.05) is 6.92 Å². The van der Waals surface area contributed by atoms with Gasteiger partial charge in [0, 0.05) is 11.0 Å². The number of hydrogen-bond acceptors (Lipinski definition) is 4. The van der Waals surface area contributed by atoms with E-state index in [1.165, 1.54) is 0 Å². The number of thioether (sulfide) groups is 1. The molecule has 0 amide bonds. The summed E-state index contributed by atoms with van der Waals surface area (Å²) in [4.78, 5) is 22.6. The first-order valence-corrected chi connectivity index (χ1v) is 7.34. The summed E-state index contributed by atoms with van der Waals surface area (Å²) in [7, 11) is 0. The number of ether oxygens (including phenoxy) is 1. The Labute approximate surface area is 125 Å². The predicted molar refractivity (Wildman–Crippen MR) is 74.5 cm³/mol. The van der Waals surface area contributed by atoms with Gasteiger partial charge >= 0.3 is 11.9 Å². The lowest BCUT2D eigenvalue weighted by Crippen LogP contribution is -2.20. The van der Waals surface area contributed by atoms with Gasteiger partial charge in [-0.25, -0.2) is 13.6 Å². The summed E-state index contributed by atoms with van der Waals surface area (Å²) in [5.41, 5.74) is -0.627. The standard InChI is InChI=1S/C14H16F2O4S/c1-3-5-11(14(19)20-4-2)21-12-6-8(13(17)18)9(15)7-10(12)16/h6-7,11H,3-5H2,1-2H3,(H,17,18). The molecule has 0 radical (unpaired) electrons. The van der Waals surface area contributed by atoms with Crippen LogP contribution in [0.5, 0.6) is 0 Å². The molecule has 0 aliphatic heterocycles. The van der Waals surface area contributed by atoms with E-state index in [1.54, 1.807) is 6.92 Å². The third-order valence-corrected chi connectivity index (χ3v) is 3.90. The van der Waals surface area contributed by atoms with Gasteiger partial charge in [0.15, 0.2) is 0 Å². The van der Waals surface area contributed by atoms with Crippen molar-refractivity contribution in [2.75, 3.05) is 6.61 Å². The number of carboxylic acids is 1. The average Bonchev–Trinajstić information content (AvgIpc) is 2.40. The highest BCUT2D eigenvalue weighted by molar-refractivity contribution is 8.00. The first-order valence-electron chi connectivity index (χ1n) is 6.46. The van der Waals surface area contributed by atoms with Gasteiger partial charge in [-0.2, -0.15) is 0 Å². The predicted octanol–water partition coefficient (Wildman–Crippen LogP) is 3.49. The second-order valence-electron chi connectivity index (χ2n) is 4.21. The topological polar surface area (TPSA) is 63.6 Å². The molecule has 0 aliphatic carbocycles. The minimum Gasteiger partial charge on any atom is -0.478 e. The van der Waals surface area contributed by atoms with Crippen molar-refractivity contribution in [1.29, 1.82) is 0 Å². The minimum absolute atomic E-state index is 0.0831. The SMILES string of the molecule is CCCC(Sc1cc(C(=O)O)c(F)cc1F)C(=O)OCC. The molecule has 1 unspecified atom stereocenters. The summed E-state index contributed by atoms with van der Waals surface area (Å²) in [5, 5.41) is 8.19. The molecule has 0 fully saturated rings. The number of carbonyl (C=O) groups is 2. The van der Waals surface area contributed by atoms with E-state index in [0.717, 1.165) is 17.8 Å². The van der Waals surface area contributed by atoms with E-state index >= 15 is 0 Å². The number of aromatic carboxylic acids is 1. The molecule has 4 nitrogen and oxygen atoms in total. The molecular formula is C14H16F2O4S. The van der Waals surface area contributed by atoms with Crippen molar-refractivity contribution in [2.45, 2.75) is 36.8 Å². The van der Waals surface area contributed by atoms with Crippen molar-refractivity contribution in [3.05, 3.63) is 29.3 Å². The summed E-state index contributed by atoms with van der Waals surface area (Å²) in [5.74, 6) is -4.03. The first kappa shape index (κ1) is 17.4. The van der Waals surface area contributed by atoms with Gasteiger partial charge in [-0.15, -0.1) is 11.8 Å². The van der Waals surface area contributed by atoms with Crippen LogP contribution in [-0.2, 0) is 9.53 Å². The molecule has 0 saturated heterocycles. The first-order chi connectivity index (χ1) is 9.90. The number of esters is 1. The molecule has 1 rings (SSSR count). The molecular weight excluding hydrogens is 302 g/mol. The van der Waals surface area contributed by atoms with Gasteiger partial charge in [0.2, 0.25) is 0 Å². The zero-order valence-electron chi connectivity index (χ0n) is 11.7. The normalized spacial score (nSPS) is 12.0. The van der Waals surface area contributed by atoms with Crippen LogP contribution in [0.4, 0.5) is 8.78 Å². The van der Waals surface area contributed by atoms with Crippen molar-refractivity contribution in [1.82, 2.24) is 0 Å². The zero-order chi connectivity index (χ0) is 16.0. The van der Waals surface area contributed by atoms with E-state index in [-0.39, 0.29) is 11.5 Å². The molecule has 0 saturated carbocycles. The quantitative estimate of drug-likeness (QED) is 0.616. The molecule has 0 heterocycles. The van der Waals surface area contributed by atoms with Crippen LogP contribution >= 0.6 is 11.8 Å². The monoisotopic (exact) mass is 318 g/mol. The van der Waals surface area contributed by atoms with Crippen molar-refractivity contribution >= 4 is 23.7 Å². The summed E-state index contributed by atoms with van der Waals surface area (Å²) in [6.45, 7) is 3.72. The van der Waals surface area contributed by atoms with Gasteiger partial charge in [-0.1, -0.05) is 13.3 Å². The zero-order valence-corrected chi connectivity index (χ0v) is 12.5. The Balaban J connectivity index is 3.05. The highest BCUT2D eigenvalue weighted by Gasteiger charge is 2.24. The Bertz CT molecular complexity index is 534. The minimum atomic E-state index is -1.49. The van der Waals surface area contributed by atoms with Crippen LogP contribution in [0.25, 0.3) is 0 Å². The van der Waals surface area contributed by atoms with Crippen molar-refractivity contribution in [3.8, 4) is 0 Å². The van der Waals surface area contributed by atoms with Crippen LogP contribution in [0.3, 0.4) is 0 Å². The number of benzene rings is 1. The molecule has 0 spiro atoms. The highest BCUT2D eigenvalue weighted by Crippen LogP contribution is 2.31. The van der Waals surface area contributed by atoms with Crippen LogP contribution in [0.1, 0.15) is 37.0 Å². The molecule has 0 aliphatic rings. The van der Waals surface area contributed by atoms with Crippen LogP contribution in [0.2, 0.25) is 0 Å². The Kier molecular flexibility index (Phi) is 6.61. The largest absolute Gasteiger partial charge is 0.478 e. The molecule has 0 bridgehead atoms. The molecule has 1 atom stereocenters. The number of carbonyl (C=O) groups excluding carboxylic acids is 1. The van der Waals surface area contributed by atoms with Crippen LogP contribution in [-0.4, -0.2) is 28.9 Å². The molecule has 116 valence electrons. The fourth-order valence-corrected chi connectivity index (χ4v) is 2.84. The second-order valence-corrected chi connectivity index (χ2v) is 5.46. The van der Waals surface area contributed by atoms with Crippen molar-refractivity contribution < 1.29 is 28.2 Å². The van der Waals surface area contributed by atoms with Gasteiger partial charge in [0.25, 0.3) is 0 Å². The van der Waals surface area contributed by atoms with E-state index in [4.69, 9.17) is 9.84 Å². The van der Waals surface area contributed by atoms with E-state index in [9.17, 15) is 18.4 Å². The lowest BCUT2D eigenvalue weighted by atomic mass is 10.2. The smallest absolute Gasteiger partial charge is 0.338 e. The van der Waals surface area contributed by atoms with Crippen LogP contribution < -0.4 is 0 Å². The van der Waals surface area contributed by atoms with Crippen LogP contribution in [0.15, 0.2) is 17.0 Å². The van der Waals surface area contributed by atoms with Gasteiger partial charge in [0.1, 0.15) is 16.9 Å². The maximum Gasteiger partial charge on any atom is 0.338 e. The fourth-order valence-electron chi connectivity index (χ4n) is 1.66.